The van der Waals surface area contributed by atoms with E-state index >= 15 is 0 Å². The fraction of sp³-hybridized carbons (Fsp3) is 0.538. The number of halogens is 4. The first kappa shape index (κ1) is 14.4. The van der Waals surface area contributed by atoms with E-state index in [1.54, 1.807) is 0 Å². The molecule has 0 heterocycles. The average Bonchev–Trinajstić information content (AvgIpc) is 2.19. The van der Waals surface area contributed by atoms with Gasteiger partial charge < -0.3 is 0 Å². The molecule has 0 amide bonds. The zero-order chi connectivity index (χ0) is 13.3. The number of rotatable bonds is 3. The second-order valence-electron chi connectivity index (χ2n) is 5.00. The third-order valence-corrected chi connectivity index (χ3v) is 3.36. The van der Waals surface area contributed by atoms with Gasteiger partial charge in [-0.15, -0.1) is 0 Å². The summed E-state index contributed by atoms with van der Waals surface area (Å²) in [7, 11) is 0. The van der Waals surface area contributed by atoms with Gasteiger partial charge in [-0.05, 0) is 29.5 Å². The molecule has 1 rings (SSSR count). The second kappa shape index (κ2) is 4.89. The van der Waals surface area contributed by atoms with E-state index in [1.165, 1.54) is 6.07 Å². The van der Waals surface area contributed by atoms with Gasteiger partial charge >= 0.3 is 6.18 Å². The zero-order valence-corrected chi connectivity index (χ0v) is 10.9. The smallest absolute Gasteiger partial charge is 0.166 e. The highest BCUT2D eigenvalue weighted by Crippen LogP contribution is 2.34. The molecule has 0 aromatic heterocycles. The Balaban J connectivity index is 2.99. The Morgan fingerprint density at radius 2 is 1.76 bits per heavy atom. The van der Waals surface area contributed by atoms with Crippen LogP contribution < -0.4 is 0 Å². The van der Waals surface area contributed by atoms with Crippen LogP contribution in [0.5, 0.6) is 0 Å². The van der Waals surface area contributed by atoms with Crippen molar-refractivity contribution in [1.82, 2.24) is 0 Å². The maximum atomic E-state index is 12.4. The van der Waals surface area contributed by atoms with Gasteiger partial charge in [0, 0.05) is 5.02 Å². The maximum absolute atomic E-state index is 12.4. The van der Waals surface area contributed by atoms with Gasteiger partial charge in [0.2, 0.25) is 0 Å². The molecule has 0 saturated carbocycles. The Morgan fingerprint density at radius 3 is 2.18 bits per heavy atom. The minimum Gasteiger partial charge on any atom is -0.166 e. The SMILES string of the molecule is CCC(C)(C)Cc1ccc(C(F)(F)F)cc1Cl. The Kier molecular flexibility index (Phi) is 4.13. The highest BCUT2D eigenvalue weighted by molar-refractivity contribution is 6.31. The summed E-state index contributed by atoms with van der Waals surface area (Å²) in [4.78, 5) is 0. The summed E-state index contributed by atoms with van der Waals surface area (Å²) in [6.45, 7) is 6.19. The van der Waals surface area contributed by atoms with Crippen molar-refractivity contribution in [2.24, 2.45) is 5.41 Å². The van der Waals surface area contributed by atoms with Gasteiger partial charge in [0.1, 0.15) is 0 Å². The van der Waals surface area contributed by atoms with Crippen LogP contribution in [-0.2, 0) is 12.6 Å². The molecule has 0 bridgehead atoms. The van der Waals surface area contributed by atoms with Crippen LogP contribution in [0.4, 0.5) is 13.2 Å². The van der Waals surface area contributed by atoms with Crippen molar-refractivity contribution in [3.8, 4) is 0 Å². The fourth-order valence-electron chi connectivity index (χ4n) is 1.51. The molecule has 0 unspecified atom stereocenters. The molecular formula is C13H16ClF3. The summed E-state index contributed by atoms with van der Waals surface area (Å²) < 4.78 is 37.3. The summed E-state index contributed by atoms with van der Waals surface area (Å²) >= 11 is 5.90. The molecule has 1 aromatic carbocycles. The van der Waals surface area contributed by atoms with Gasteiger partial charge in [-0.3, -0.25) is 0 Å². The van der Waals surface area contributed by atoms with E-state index in [0.717, 1.165) is 24.1 Å². The molecule has 0 aliphatic heterocycles. The highest BCUT2D eigenvalue weighted by Gasteiger charge is 2.31. The molecule has 0 aliphatic carbocycles. The summed E-state index contributed by atoms with van der Waals surface area (Å²) in [5, 5.41) is 0.196. The molecule has 0 aliphatic rings. The van der Waals surface area contributed by atoms with Crippen molar-refractivity contribution >= 4 is 11.6 Å². The highest BCUT2D eigenvalue weighted by atomic mass is 35.5. The van der Waals surface area contributed by atoms with Gasteiger partial charge in [0.25, 0.3) is 0 Å². The first-order chi connectivity index (χ1) is 7.65. The Hall–Kier alpha value is -0.700. The standard InChI is InChI=1S/C13H16ClF3/c1-4-12(2,3)8-9-5-6-10(7-11(9)14)13(15,16)17/h5-7H,4,8H2,1-3H3. The summed E-state index contributed by atoms with van der Waals surface area (Å²) in [5.74, 6) is 0. The lowest BCUT2D eigenvalue weighted by atomic mass is 9.83. The summed E-state index contributed by atoms with van der Waals surface area (Å²) in [6.07, 6.45) is -2.70. The van der Waals surface area contributed by atoms with Crippen LogP contribution in [0, 0.1) is 5.41 Å². The number of hydrogen-bond acceptors (Lipinski definition) is 0. The number of alkyl halides is 3. The number of benzene rings is 1. The third-order valence-electron chi connectivity index (χ3n) is 3.01. The van der Waals surface area contributed by atoms with Gasteiger partial charge in [0.05, 0.1) is 5.56 Å². The molecule has 1 aromatic rings. The Morgan fingerprint density at radius 1 is 1.18 bits per heavy atom. The summed E-state index contributed by atoms with van der Waals surface area (Å²) in [5.41, 5.74) is 0.121. The van der Waals surface area contributed by atoms with E-state index in [1.807, 2.05) is 0 Å². The Bertz CT molecular complexity index is 394. The molecule has 0 atom stereocenters. The minimum absolute atomic E-state index is 0.0450. The van der Waals surface area contributed by atoms with Crippen LogP contribution in [0.1, 0.15) is 38.3 Å². The largest absolute Gasteiger partial charge is 0.416 e. The lowest BCUT2D eigenvalue weighted by Crippen LogP contribution is -2.14. The normalized spacial score (nSPS) is 12.9. The van der Waals surface area contributed by atoms with E-state index in [9.17, 15) is 13.2 Å². The molecular weight excluding hydrogens is 249 g/mol. The van der Waals surface area contributed by atoms with Crippen LogP contribution in [0.2, 0.25) is 5.02 Å². The predicted octanol–water partition coefficient (Wildman–Crippen LogP) is 5.34. The molecule has 0 saturated heterocycles. The monoisotopic (exact) mass is 264 g/mol. The Labute approximate surface area is 105 Å². The second-order valence-corrected chi connectivity index (χ2v) is 5.41. The molecule has 0 radical (unpaired) electrons. The molecule has 0 nitrogen and oxygen atoms in total. The van der Waals surface area contributed by atoms with Crippen molar-refractivity contribution < 1.29 is 13.2 Å². The molecule has 0 spiro atoms. The van der Waals surface area contributed by atoms with Crippen molar-refractivity contribution in [2.75, 3.05) is 0 Å². The van der Waals surface area contributed by atoms with E-state index in [2.05, 4.69) is 20.8 Å². The van der Waals surface area contributed by atoms with E-state index < -0.39 is 11.7 Å². The van der Waals surface area contributed by atoms with Gasteiger partial charge in [0.15, 0.2) is 0 Å². The third kappa shape index (κ3) is 3.91. The topological polar surface area (TPSA) is 0 Å². The molecule has 0 fully saturated rings. The zero-order valence-electron chi connectivity index (χ0n) is 10.2. The van der Waals surface area contributed by atoms with Crippen LogP contribution in [0.3, 0.4) is 0 Å². The maximum Gasteiger partial charge on any atom is 0.416 e. The molecule has 17 heavy (non-hydrogen) atoms. The number of hydrogen-bond donors (Lipinski definition) is 0. The van der Waals surface area contributed by atoms with Crippen molar-refractivity contribution in [1.29, 1.82) is 0 Å². The lowest BCUT2D eigenvalue weighted by Gasteiger charge is -2.23. The average molecular weight is 265 g/mol. The molecule has 96 valence electrons. The van der Waals surface area contributed by atoms with Crippen LogP contribution >= 0.6 is 11.6 Å². The summed E-state index contributed by atoms with van der Waals surface area (Å²) in [6, 6.07) is 3.57. The van der Waals surface area contributed by atoms with Crippen molar-refractivity contribution in [2.45, 2.75) is 39.8 Å². The van der Waals surface area contributed by atoms with E-state index in [-0.39, 0.29) is 10.4 Å². The van der Waals surface area contributed by atoms with Gasteiger partial charge in [-0.2, -0.15) is 13.2 Å². The van der Waals surface area contributed by atoms with E-state index in [4.69, 9.17) is 11.6 Å². The fourth-order valence-corrected chi connectivity index (χ4v) is 1.75. The van der Waals surface area contributed by atoms with Crippen LogP contribution in [-0.4, -0.2) is 0 Å². The van der Waals surface area contributed by atoms with E-state index in [0.29, 0.717) is 6.42 Å². The first-order valence-corrected chi connectivity index (χ1v) is 5.89. The van der Waals surface area contributed by atoms with Crippen LogP contribution in [0.25, 0.3) is 0 Å². The van der Waals surface area contributed by atoms with Crippen LogP contribution in [0.15, 0.2) is 18.2 Å². The minimum atomic E-state index is -4.33. The quantitative estimate of drug-likeness (QED) is 0.691. The molecule has 0 N–H and O–H groups in total. The van der Waals surface area contributed by atoms with Crippen molar-refractivity contribution in [3.63, 3.8) is 0 Å². The first-order valence-electron chi connectivity index (χ1n) is 5.51. The lowest BCUT2D eigenvalue weighted by molar-refractivity contribution is -0.137. The predicted molar refractivity (Wildman–Crippen MR) is 64.2 cm³/mol. The molecule has 4 heteroatoms. The van der Waals surface area contributed by atoms with Gasteiger partial charge in [-0.25, -0.2) is 0 Å². The van der Waals surface area contributed by atoms with Crippen molar-refractivity contribution in [3.05, 3.63) is 34.3 Å². The van der Waals surface area contributed by atoms with Gasteiger partial charge in [-0.1, -0.05) is 44.9 Å².